The summed E-state index contributed by atoms with van der Waals surface area (Å²) >= 11 is 1.13. The van der Waals surface area contributed by atoms with Crippen molar-refractivity contribution in [3.8, 4) is 0 Å². The molecule has 1 amide bonds. The van der Waals surface area contributed by atoms with Gasteiger partial charge in [0.1, 0.15) is 16.3 Å². The summed E-state index contributed by atoms with van der Waals surface area (Å²) in [6.07, 6.45) is 1.34. The van der Waals surface area contributed by atoms with Crippen LogP contribution in [-0.2, 0) is 16.1 Å². The van der Waals surface area contributed by atoms with E-state index >= 15 is 0 Å². The fourth-order valence-corrected chi connectivity index (χ4v) is 3.98. The van der Waals surface area contributed by atoms with Gasteiger partial charge in [0.25, 0.3) is 5.56 Å². The second-order valence-electron chi connectivity index (χ2n) is 7.75. The summed E-state index contributed by atoms with van der Waals surface area (Å²) in [7, 11) is 0. The van der Waals surface area contributed by atoms with Crippen LogP contribution in [-0.4, -0.2) is 28.0 Å². The molecule has 1 N–H and O–H groups in total. The summed E-state index contributed by atoms with van der Waals surface area (Å²) in [5, 5.41) is 3.15. The van der Waals surface area contributed by atoms with Crippen LogP contribution in [0.15, 0.2) is 29.3 Å². The summed E-state index contributed by atoms with van der Waals surface area (Å²) in [5.41, 5.74) is 3.05. The average Bonchev–Trinajstić information content (AvgIpc) is 3.02. The van der Waals surface area contributed by atoms with Gasteiger partial charge in [-0.2, -0.15) is 0 Å². The van der Waals surface area contributed by atoms with Crippen LogP contribution in [0.2, 0.25) is 0 Å². The first-order valence-electron chi connectivity index (χ1n) is 9.70. The molecule has 0 saturated carbocycles. The third-order valence-corrected chi connectivity index (χ3v) is 5.93. The van der Waals surface area contributed by atoms with Crippen molar-refractivity contribution < 1.29 is 14.3 Å². The van der Waals surface area contributed by atoms with E-state index in [9.17, 15) is 14.4 Å². The SMILES string of the molecule is Cc1ccc(NC(=O)Cn2cnc3sc(C(=O)OCC(C)C)c(C)c3c2=O)cc1C. The first kappa shape index (κ1) is 21.7. The highest BCUT2D eigenvalue weighted by Gasteiger charge is 2.21. The van der Waals surface area contributed by atoms with Gasteiger partial charge in [0.05, 0.1) is 18.3 Å². The Labute approximate surface area is 178 Å². The highest BCUT2D eigenvalue weighted by molar-refractivity contribution is 7.20. The third-order valence-electron chi connectivity index (χ3n) is 4.76. The van der Waals surface area contributed by atoms with Gasteiger partial charge in [0.15, 0.2) is 0 Å². The lowest BCUT2D eigenvalue weighted by molar-refractivity contribution is -0.116. The van der Waals surface area contributed by atoms with Gasteiger partial charge in [-0.25, -0.2) is 9.78 Å². The lowest BCUT2D eigenvalue weighted by Gasteiger charge is -2.09. The summed E-state index contributed by atoms with van der Waals surface area (Å²) < 4.78 is 6.54. The minimum Gasteiger partial charge on any atom is -0.461 e. The molecule has 0 saturated heterocycles. The van der Waals surface area contributed by atoms with Crippen molar-refractivity contribution in [1.29, 1.82) is 0 Å². The van der Waals surface area contributed by atoms with E-state index < -0.39 is 5.97 Å². The first-order chi connectivity index (χ1) is 14.2. The van der Waals surface area contributed by atoms with E-state index in [1.54, 1.807) is 6.92 Å². The van der Waals surface area contributed by atoms with Gasteiger partial charge in [-0.3, -0.25) is 14.2 Å². The van der Waals surface area contributed by atoms with E-state index in [1.165, 1.54) is 10.9 Å². The molecule has 3 rings (SSSR count). The number of carbonyl (C=O) groups is 2. The van der Waals surface area contributed by atoms with Crippen molar-refractivity contribution in [3.05, 3.63) is 56.4 Å². The zero-order chi connectivity index (χ0) is 22.0. The highest BCUT2D eigenvalue weighted by Crippen LogP contribution is 2.27. The number of benzene rings is 1. The van der Waals surface area contributed by atoms with Gasteiger partial charge in [0, 0.05) is 5.69 Å². The summed E-state index contributed by atoms with van der Waals surface area (Å²) in [6, 6.07) is 5.64. The number of fused-ring (bicyclic) bond motifs is 1. The monoisotopic (exact) mass is 427 g/mol. The second kappa shape index (κ2) is 8.79. The van der Waals surface area contributed by atoms with Gasteiger partial charge >= 0.3 is 5.97 Å². The largest absolute Gasteiger partial charge is 0.461 e. The number of thiophene rings is 1. The van der Waals surface area contributed by atoms with Crippen molar-refractivity contribution in [3.63, 3.8) is 0 Å². The fraction of sp³-hybridized carbons (Fsp3) is 0.364. The number of hydrogen-bond donors (Lipinski definition) is 1. The fourth-order valence-electron chi connectivity index (χ4n) is 2.95. The Kier molecular flexibility index (Phi) is 6.36. The molecule has 0 fully saturated rings. The molecule has 0 atom stereocenters. The molecule has 0 unspecified atom stereocenters. The molecular formula is C22H25N3O4S. The maximum atomic E-state index is 12.9. The van der Waals surface area contributed by atoms with Crippen LogP contribution in [0.3, 0.4) is 0 Å². The number of nitrogens with zero attached hydrogens (tertiary/aromatic N) is 2. The number of carbonyl (C=O) groups excluding carboxylic acids is 2. The van der Waals surface area contributed by atoms with Crippen LogP contribution < -0.4 is 10.9 Å². The Morgan fingerprint density at radius 3 is 2.60 bits per heavy atom. The van der Waals surface area contributed by atoms with Gasteiger partial charge in [0.2, 0.25) is 5.91 Å². The quantitative estimate of drug-likeness (QED) is 0.604. The average molecular weight is 428 g/mol. The van der Waals surface area contributed by atoms with Gasteiger partial charge in [-0.05, 0) is 55.5 Å². The molecule has 0 bridgehead atoms. The molecule has 0 aliphatic carbocycles. The van der Waals surface area contributed by atoms with Crippen molar-refractivity contribution >= 4 is 39.1 Å². The Morgan fingerprint density at radius 1 is 1.20 bits per heavy atom. The van der Waals surface area contributed by atoms with E-state index in [4.69, 9.17) is 4.74 Å². The smallest absolute Gasteiger partial charge is 0.348 e. The minimum absolute atomic E-state index is 0.170. The topological polar surface area (TPSA) is 90.3 Å². The molecule has 8 heteroatoms. The number of rotatable bonds is 6. The number of hydrogen-bond acceptors (Lipinski definition) is 6. The molecule has 0 aliphatic rings. The Balaban J connectivity index is 1.83. The van der Waals surface area contributed by atoms with E-state index in [-0.39, 0.29) is 23.9 Å². The number of ether oxygens (including phenoxy) is 1. The van der Waals surface area contributed by atoms with Crippen LogP contribution in [0, 0.1) is 26.7 Å². The number of nitrogens with one attached hydrogen (secondary N) is 1. The van der Waals surface area contributed by atoms with E-state index in [0.717, 1.165) is 22.5 Å². The maximum Gasteiger partial charge on any atom is 0.348 e. The van der Waals surface area contributed by atoms with Crippen LogP contribution in [0.25, 0.3) is 10.2 Å². The maximum absolute atomic E-state index is 12.9. The van der Waals surface area contributed by atoms with Crippen molar-refractivity contribution in [2.75, 3.05) is 11.9 Å². The lowest BCUT2D eigenvalue weighted by atomic mass is 10.1. The molecule has 1 aromatic carbocycles. The molecule has 2 heterocycles. The number of anilines is 1. The zero-order valence-corrected chi connectivity index (χ0v) is 18.6. The molecule has 158 valence electrons. The molecular weight excluding hydrogens is 402 g/mol. The van der Waals surface area contributed by atoms with E-state index in [1.807, 2.05) is 45.9 Å². The zero-order valence-electron chi connectivity index (χ0n) is 17.7. The predicted octanol–water partition coefficient (Wildman–Crippen LogP) is 3.83. The summed E-state index contributed by atoms with van der Waals surface area (Å²) in [5.74, 6) is -0.566. The van der Waals surface area contributed by atoms with Crippen LogP contribution in [0.4, 0.5) is 5.69 Å². The molecule has 0 radical (unpaired) electrons. The van der Waals surface area contributed by atoms with Crippen molar-refractivity contribution in [2.24, 2.45) is 5.92 Å². The Hall–Kier alpha value is -3.00. The van der Waals surface area contributed by atoms with Crippen molar-refractivity contribution in [2.45, 2.75) is 41.2 Å². The molecule has 7 nitrogen and oxygen atoms in total. The molecule has 3 aromatic rings. The number of esters is 1. The lowest BCUT2D eigenvalue weighted by Crippen LogP contribution is -2.28. The van der Waals surface area contributed by atoms with Crippen LogP contribution in [0.1, 0.15) is 40.2 Å². The molecule has 0 aliphatic heterocycles. The number of amides is 1. The third kappa shape index (κ3) is 4.59. The predicted molar refractivity (Wildman–Crippen MR) is 118 cm³/mol. The normalized spacial score (nSPS) is 11.1. The molecule has 30 heavy (non-hydrogen) atoms. The van der Waals surface area contributed by atoms with E-state index in [2.05, 4.69) is 10.3 Å². The Bertz CT molecular complexity index is 1180. The van der Waals surface area contributed by atoms with E-state index in [0.29, 0.717) is 33.0 Å². The second-order valence-corrected chi connectivity index (χ2v) is 8.75. The summed E-state index contributed by atoms with van der Waals surface area (Å²) in [4.78, 5) is 42.8. The number of aromatic nitrogens is 2. The van der Waals surface area contributed by atoms with Crippen LogP contribution in [0.5, 0.6) is 0 Å². The summed E-state index contributed by atoms with van der Waals surface area (Å²) in [6.45, 7) is 9.71. The Morgan fingerprint density at radius 2 is 1.93 bits per heavy atom. The number of aryl methyl sites for hydroxylation is 3. The first-order valence-corrected chi connectivity index (χ1v) is 10.5. The standard InChI is InChI=1S/C22H25N3O4S/c1-12(2)10-29-22(28)19-15(5)18-20(30-19)23-11-25(21(18)27)9-17(26)24-16-7-6-13(3)14(4)8-16/h6-8,11-12H,9-10H2,1-5H3,(H,24,26). The van der Waals surface area contributed by atoms with Gasteiger partial charge < -0.3 is 10.1 Å². The van der Waals surface area contributed by atoms with Crippen LogP contribution >= 0.6 is 11.3 Å². The highest BCUT2D eigenvalue weighted by atomic mass is 32.1. The molecule has 0 spiro atoms. The molecule has 2 aromatic heterocycles. The van der Waals surface area contributed by atoms with Crippen molar-refractivity contribution in [1.82, 2.24) is 9.55 Å². The minimum atomic E-state index is -0.456. The van der Waals surface area contributed by atoms with Gasteiger partial charge in [-0.15, -0.1) is 11.3 Å². The van der Waals surface area contributed by atoms with Gasteiger partial charge in [-0.1, -0.05) is 19.9 Å².